The van der Waals surface area contributed by atoms with Crippen LogP contribution in [0.15, 0.2) is 36.8 Å². The van der Waals surface area contributed by atoms with Crippen LogP contribution in [-0.4, -0.2) is 20.6 Å². The summed E-state index contributed by atoms with van der Waals surface area (Å²) in [5.74, 6) is -0.866. The van der Waals surface area contributed by atoms with Crippen LogP contribution in [0.25, 0.3) is 0 Å². The van der Waals surface area contributed by atoms with Crippen LogP contribution in [0.4, 0.5) is 0 Å². The molecule has 1 aliphatic heterocycles. The third kappa shape index (κ3) is 1.85. The maximum Gasteiger partial charge on any atom is 0.337 e. The van der Waals surface area contributed by atoms with Gasteiger partial charge in [-0.3, -0.25) is 4.98 Å². The van der Waals surface area contributed by atoms with E-state index in [0.717, 1.165) is 11.3 Å². The minimum atomic E-state index is -0.866. The molecule has 1 unspecified atom stereocenters. The van der Waals surface area contributed by atoms with Gasteiger partial charge in [0.1, 0.15) is 5.37 Å². The number of carboxylic acids is 1. The molecular weight excluding hydrogens is 260 g/mol. The molecule has 0 amide bonds. The Hall–Kier alpha value is -1.75. The fourth-order valence-corrected chi connectivity index (χ4v) is 4.04. The van der Waals surface area contributed by atoms with Crippen LogP contribution < -0.4 is 0 Å². The zero-order chi connectivity index (χ0) is 13.6. The van der Waals surface area contributed by atoms with E-state index in [1.165, 1.54) is 0 Å². The van der Waals surface area contributed by atoms with Gasteiger partial charge in [0, 0.05) is 29.8 Å². The molecule has 98 valence electrons. The summed E-state index contributed by atoms with van der Waals surface area (Å²) in [7, 11) is 0. The van der Waals surface area contributed by atoms with Gasteiger partial charge in [-0.05, 0) is 26.0 Å². The number of thioether (sulfide) groups is 1. The Morgan fingerprint density at radius 1 is 1.47 bits per heavy atom. The molecule has 0 radical (unpaired) electrons. The largest absolute Gasteiger partial charge is 0.478 e. The first kappa shape index (κ1) is 12.3. The normalized spacial score (nSPS) is 20.2. The Kier molecular flexibility index (Phi) is 2.67. The molecule has 0 fully saturated rings. The van der Waals surface area contributed by atoms with E-state index >= 15 is 0 Å². The highest BCUT2D eigenvalue weighted by atomic mass is 32.2. The summed E-state index contributed by atoms with van der Waals surface area (Å²) in [6, 6.07) is 5.61. The first-order valence-corrected chi connectivity index (χ1v) is 6.91. The van der Waals surface area contributed by atoms with Gasteiger partial charge >= 0.3 is 5.97 Å². The number of nitrogens with zero attached hydrogens (tertiary/aromatic N) is 2. The van der Waals surface area contributed by atoms with Crippen LogP contribution in [0.2, 0.25) is 0 Å². The standard InChI is InChI=1S/C14H14N2O2S/c1-14(2)11-10(13(17)18)5-7-16(11)12(19-14)9-4-3-6-15-8-9/h3-8,12H,1-2H3,(H,17,18). The predicted octanol–water partition coefficient (Wildman–Crippen LogP) is 3.11. The highest BCUT2D eigenvalue weighted by Gasteiger charge is 2.41. The molecule has 2 aromatic heterocycles. The summed E-state index contributed by atoms with van der Waals surface area (Å²) in [6.45, 7) is 4.12. The summed E-state index contributed by atoms with van der Waals surface area (Å²) in [5.41, 5.74) is 2.36. The average Bonchev–Trinajstić information content (AvgIpc) is 2.91. The number of hydrogen-bond donors (Lipinski definition) is 1. The van der Waals surface area contributed by atoms with E-state index in [1.807, 2.05) is 29.1 Å². The van der Waals surface area contributed by atoms with Gasteiger partial charge in [0.2, 0.25) is 0 Å². The SMILES string of the molecule is CC1(C)SC(c2cccnc2)n2ccc(C(=O)O)c21. The number of pyridine rings is 1. The van der Waals surface area contributed by atoms with Crippen LogP contribution in [0.3, 0.4) is 0 Å². The Morgan fingerprint density at radius 2 is 2.26 bits per heavy atom. The molecule has 1 aliphatic rings. The first-order valence-electron chi connectivity index (χ1n) is 6.03. The van der Waals surface area contributed by atoms with Crippen molar-refractivity contribution in [3.63, 3.8) is 0 Å². The lowest BCUT2D eigenvalue weighted by Crippen LogP contribution is -2.13. The third-order valence-corrected chi connectivity index (χ3v) is 4.85. The fraction of sp³-hybridized carbons (Fsp3) is 0.286. The Labute approximate surface area is 115 Å². The van der Waals surface area contributed by atoms with Gasteiger partial charge in [-0.15, -0.1) is 11.8 Å². The maximum absolute atomic E-state index is 11.3. The number of rotatable bonds is 2. The number of carboxylic acid groups (broad SMARTS) is 1. The van der Waals surface area contributed by atoms with E-state index < -0.39 is 5.97 Å². The number of hydrogen-bond acceptors (Lipinski definition) is 3. The summed E-state index contributed by atoms with van der Waals surface area (Å²) in [4.78, 5) is 15.5. The van der Waals surface area contributed by atoms with Gasteiger partial charge in [-0.25, -0.2) is 4.79 Å². The summed E-state index contributed by atoms with van der Waals surface area (Å²) < 4.78 is 1.82. The molecule has 1 atom stereocenters. The molecule has 19 heavy (non-hydrogen) atoms. The van der Waals surface area contributed by atoms with Gasteiger partial charge in [0.25, 0.3) is 0 Å². The van der Waals surface area contributed by atoms with Crippen LogP contribution in [-0.2, 0) is 4.75 Å². The first-order chi connectivity index (χ1) is 9.00. The van der Waals surface area contributed by atoms with Crippen molar-refractivity contribution in [1.29, 1.82) is 0 Å². The van der Waals surface area contributed by atoms with Gasteiger partial charge < -0.3 is 9.67 Å². The molecule has 5 heteroatoms. The van der Waals surface area contributed by atoms with Crippen molar-refractivity contribution in [1.82, 2.24) is 9.55 Å². The molecular formula is C14H14N2O2S. The second kappa shape index (κ2) is 4.13. The monoisotopic (exact) mass is 274 g/mol. The highest BCUT2D eigenvalue weighted by Crippen LogP contribution is 2.53. The Morgan fingerprint density at radius 3 is 2.89 bits per heavy atom. The molecule has 1 N–H and O–H groups in total. The van der Waals surface area contributed by atoms with Crippen molar-refractivity contribution in [2.75, 3.05) is 0 Å². The minimum absolute atomic E-state index is 0.0896. The molecule has 0 spiro atoms. The van der Waals surface area contributed by atoms with Gasteiger partial charge in [-0.1, -0.05) is 6.07 Å². The number of aromatic carboxylic acids is 1. The Bertz CT molecular complexity index is 634. The smallest absolute Gasteiger partial charge is 0.337 e. The zero-order valence-corrected chi connectivity index (χ0v) is 11.5. The van der Waals surface area contributed by atoms with E-state index in [2.05, 4.69) is 18.8 Å². The van der Waals surface area contributed by atoms with Crippen LogP contribution in [0, 0.1) is 0 Å². The van der Waals surface area contributed by atoms with Crippen molar-refractivity contribution in [3.8, 4) is 0 Å². The van der Waals surface area contributed by atoms with Crippen molar-refractivity contribution in [2.45, 2.75) is 24.0 Å². The van der Waals surface area contributed by atoms with E-state index in [0.29, 0.717) is 5.56 Å². The topological polar surface area (TPSA) is 55.1 Å². The van der Waals surface area contributed by atoms with Crippen LogP contribution in [0.1, 0.15) is 40.8 Å². The minimum Gasteiger partial charge on any atom is -0.478 e. The second-order valence-electron chi connectivity index (χ2n) is 5.06. The lowest BCUT2D eigenvalue weighted by molar-refractivity contribution is 0.0695. The predicted molar refractivity (Wildman–Crippen MR) is 74.4 cm³/mol. The number of carbonyl (C=O) groups is 1. The van der Waals surface area contributed by atoms with E-state index in [4.69, 9.17) is 0 Å². The fourth-order valence-electron chi connectivity index (χ4n) is 2.59. The summed E-state index contributed by atoms with van der Waals surface area (Å²) in [5, 5.41) is 9.38. The van der Waals surface area contributed by atoms with E-state index in [-0.39, 0.29) is 10.1 Å². The molecule has 0 aliphatic carbocycles. The second-order valence-corrected chi connectivity index (χ2v) is 6.76. The lowest BCUT2D eigenvalue weighted by Gasteiger charge is -2.18. The van der Waals surface area contributed by atoms with E-state index in [9.17, 15) is 9.90 Å². The zero-order valence-electron chi connectivity index (χ0n) is 10.7. The molecule has 0 saturated carbocycles. The van der Waals surface area contributed by atoms with Gasteiger partial charge in [-0.2, -0.15) is 0 Å². The van der Waals surface area contributed by atoms with Gasteiger partial charge in [0.05, 0.1) is 10.3 Å². The van der Waals surface area contributed by atoms with Crippen molar-refractivity contribution < 1.29 is 9.90 Å². The number of fused-ring (bicyclic) bond motifs is 1. The molecule has 4 nitrogen and oxygen atoms in total. The Balaban J connectivity index is 2.14. The molecule has 2 aromatic rings. The summed E-state index contributed by atoms with van der Waals surface area (Å²) >= 11 is 1.75. The third-order valence-electron chi connectivity index (χ3n) is 3.34. The average molecular weight is 274 g/mol. The number of aromatic nitrogens is 2. The summed E-state index contributed by atoms with van der Waals surface area (Å²) in [6.07, 6.45) is 5.44. The van der Waals surface area contributed by atoms with E-state index in [1.54, 1.807) is 24.0 Å². The van der Waals surface area contributed by atoms with Crippen LogP contribution >= 0.6 is 11.8 Å². The molecule has 0 aromatic carbocycles. The quantitative estimate of drug-likeness (QED) is 0.914. The molecule has 0 bridgehead atoms. The highest BCUT2D eigenvalue weighted by molar-refractivity contribution is 8.00. The van der Waals surface area contributed by atoms with Crippen molar-refractivity contribution in [3.05, 3.63) is 53.6 Å². The molecule has 0 saturated heterocycles. The maximum atomic E-state index is 11.3. The van der Waals surface area contributed by atoms with Crippen molar-refractivity contribution in [2.24, 2.45) is 0 Å². The van der Waals surface area contributed by atoms with Gasteiger partial charge in [0.15, 0.2) is 0 Å². The van der Waals surface area contributed by atoms with Crippen molar-refractivity contribution >= 4 is 17.7 Å². The molecule has 3 heterocycles. The molecule has 3 rings (SSSR count). The lowest BCUT2D eigenvalue weighted by atomic mass is 10.1. The van der Waals surface area contributed by atoms with Crippen LogP contribution in [0.5, 0.6) is 0 Å².